The zero-order chi connectivity index (χ0) is 17.8. The monoisotopic (exact) mass is 338 g/mol. The molecule has 0 aromatic heterocycles. The van der Waals surface area contributed by atoms with Gasteiger partial charge in [-0.2, -0.15) is 12.6 Å². The summed E-state index contributed by atoms with van der Waals surface area (Å²) in [6.45, 7) is 12.8. The topological polar surface area (TPSA) is 46.5 Å². The lowest BCUT2D eigenvalue weighted by atomic mass is 9.78. The summed E-state index contributed by atoms with van der Waals surface area (Å²) >= 11 is 4.03. The molecule has 1 aromatic carbocycles. The highest BCUT2D eigenvalue weighted by molar-refractivity contribution is 7.80. The predicted octanol–water partition coefficient (Wildman–Crippen LogP) is 4.39. The van der Waals surface area contributed by atoms with Gasteiger partial charge in [0.05, 0.1) is 0 Å². The Morgan fingerprint density at radius 2 is 1.57 bits per heavy atom. The molecule has 0 atom stereocenters. The fourth-order valence-electron chi connectivity index (χ4n) is 2.46. The Morgan fingerprint density at radius 3 is 1.96 bits per heavy atom. The first-order valence-electron chi connectivity index (χ1n) is 8.10. The second kappa shape index (κ2) is 7.61. The van der Waals surface area contributed by atoms with E-state index >= 15 is 0 Å². The van der Waals surface area contributed by atoms with Crippen LogP contribution in [-0.4, -0.2) is 23.4 Å². The number of carbonyl (C=O) groups is 1. The quantitative estimate of drug-likeness (QED) is 0.618. The first kappa shape index (κ1) is 19.9. The number of thiol groups is 1. The predicted molar refractivity (Wildman–Crippen MR) is 98.6 cm³/mol. The Morgan fingerprint density at radius 1 is 1.09 bits per heavy atom. The van der Waals surface area contributed by atoms with Crippen molar-refractivity contribution in [3.8, 4) is 5.75 Å². The number of phenols is 1. The lowest BCUT2D eigenvalue weighted by molar-refractivity contribution is -0.142. The van der Waals surface area contributed by atoms with Crippen LogP contribution in [0.5, 0.6) is 5.75 Å². The molecule has 0 fully saturated rings. The normalized spacial score (nSPS) is 12.3. The van der Waals surface area contributed by atoms with Crippen LogP contribution in [0, 0.1) is 0 Å². The van der Waals surface area contributed by atoms with Gasteiger partial charge < -0.3 is 9.84 Å². The maximum Gasteiger partial charge on any atom is 0.306 e. The average molecular weight is 339 g/mol. The first-order valence-corrected chi connectivity index (χ1v) is 8.73. The van der Waals surface area contributed by atoms with Crippen molar-refractivity contribution in [2.45, 2.75) is 65.2 Å². The molecule has 0 saturated heterocycles. The number of phenolic OH excluding ortho intramolecular Hbond substituents is 1. The lowest BCUT2D eigenvalue weighted by Crippen LogP contribution is -2.18. The van der Waals surface area contributed by atoms with Crippen molar-refractivity contribution < 1.29 is 14.6 Å². The minimum Gasteiger partial charge on any atom is -0.507 e. The molecular formula is C19H30O3S. The van der Waals surface area contributed by atoms with E-state index in [0.717, 1.165) is 16.7 Å². The molecule has 4 heteroatoms. The molecule has 1 aromatic rings. The second-order valence-electron chi connectivity index (χ2n) is 7.98. The Labute approximate surface area is 145 Å². The van der Waals surface area contributed by atoms with Crippen LogP contribution in [0.4, 0.5) is 0 Å². The van der Waals surface area contributed by atoms with Crippen molar-refractivity contribution in [2.24, 2.45) is 0 Å². The SMILES string of the molecule is CC(C)(C)c1cc(CCC(=O)OCCS)cc(C(C)(C)C)c1O. The number of hydrogen-bond acceptors (Lipinski definition) is 4. The average Bonchev–Trinajstić information content (AvgIpc) is 2.41. The molecule has 1 N–H and O–H groups in total. The molecule has 0 heterocycles. The van der Waals surface area contributed by atoms with E-state index in [-0.39, 0.29) is 16.8 Å². The van der Waals surface area contributed by atoms with Gasteiger partial charge in [0.2, 0.25) is 0 Å². The number of aromatic hydroxyl groups is 1. The van der Waals surface area contributed by atoms with E-state index in [2.05, 4.69) is 54.2 Å². The lowest BCUT2D eigenvalue weighted by Gasteiger charge is -2.28. The van der Waals surface area contributed by atoms with Crippen LogP contribution in [0.2, 0.25) is 0 Å². The van der Waals surface area contributed by atoms with Gasteiger partial charge in [0.1, 0.15) is 12.4 Å². The van der Waals surface area contributed by atoms with Crippen molar-refractivity contribution in [3.05, 3.63) is 28.8 Å². The molecule has 0 saturated carbocycles. The second-order valence-corrected chi connectivity index (χ2v) is 8.43. The molecule has 3 nitrogen and oxygen atoms in total. The fourth-order valence-corrected chi connectivity index (χ4v) is 2.55. The maximum absolute atomic E-state index is 11.7. The molecule has 130 valence electrons. The largest absolute Gasteiger partial charge is 0.507 e. The third-order valence-corrected chi connectivity index (χ3v) is 3.94. The van der Waals surface area contributed by atoms with Gasteiger partial charge in [-0.3, -0.25) is 4.79 Å². The standard InChI is InChI=1S/C19H30O3S/c1-18(2,3)14-11-13(7-8-16(20)22-9-10-23)12-15(17(14)21)19(4,5)6/h11-12,21,23H,7-10H2,1-6H3. The van der Waals surface area contributed by atoms with E-state index in [0.29, 0.717) is 31.0 Å². The van der Waals surface area contributed by atoms with E-state index in [1.807, 2.05) is 12.1 Å². The summed E-state index contributed by atoms with van der Waals surface area (Å²) in [7, 11) is 0. The van der Waals surface area contributed by atoms with Crippen molar-refractivity contribution in [1.29, 1.82) is 0 Å². The molecule has 0 aliphatic heterocycles. The summed E-state index contributed by atoms with van der Waals surface area (Å²) in [5, 5.41) is 10.7. The van der Waals surface area contributed by atoms with Crippen molar-refractivity contribution >= 4 is 18.6 Å². The number of ether oxygens (including phenoxy) is 1. The van der Waals surface area contributed by atoms with Crippen LogP contribution in [0.25, 0.3) is 0 Å². The van der Waals surface area contributed by atoms with Crippen LogP contribution in [0.3, 0.4) is 0 Å². The van der Waals surface area contributed by atoms with Crippen LogP contribution < -0.4 is 0 Å². The summed E-state index contributed by atoms with van der Waals surface area (Å²) in [6.07, 6.45) is 0.948. The van der Waals surface area contributed by atoms with Gasteiger partial charge in [-0.15, -0.1) is 0 Å². The van der Waals surface area contributed by atoms with Crippen LogP contribution in [0.15, 0.2) is 12.1 Å². The number of hydrogen-bond donors (Lipinski definition) is 2. The molecule has 0 radical (unpaired) electrons. The highest BCUT2D eigenvalue weighted by Gasteiger charge is 2.26. The van der Waals surface area contributed by atoms with Gasteiger partial charge in [-0.1, -0.05) is 53.7 Å². The van der Waals surface area contributed by atoms with Crippen LogP contribution >= 0.6 is 12.6 Å². The molecule has 0 aliphatic carbocycles. The zero-order valence-corrected chi connectivity index (χ0v) is 16.1. The summed E-state index contributed by atoms with van der Waals surface area (Å²) in [4.78, 5) is 11.7. The Kier molecular flexibility index (Phi) is 6.58. The molecular weight excluding hydrogens is 308 g/mol. The van der Waals surface area contributed by atoms with E-state index in [9.17, 15) is 9.90 Å². The molecule has 0 spiro atoms. The molecule has 1 rings (SSSR count). The summed E-state index contributed by atoms with van der Waals surface area (Å²) in [5.41, 5.74) is 2.58. The van der Waals surface area contributed by atoms with Gasteiger partial charge in [0.25, 0.3) is 0 Å². The third kappa shape index (κ3) is 5.76. The van der Waals surface area contributed by atoms with Crippen molar-refractivity contribution in [2.75, 3.05) is 12.4 Å². The maximum atomic E-state index is 11.7. The van der Waals surface area contributed by atoms with Crippen LogP contribution in [-0.2, 0) is 26.8 Å². The smallest absolute Gasteiger partial charge is 0.306 e. The molecule has 0 aliphatic rings. The Hall–Kier alpha value is -1.16. The van der Waals surface area contributed by atoms with Gasteiger partial charge >= 0.3 is 5.97 Å². The molecule has 23 heavy (non-hydrogen) atoms. The summed E-state index contributed by atoms with van der Waals surface area (Å²) in [5.74, 6) is 0.695. The highest BCUT2D eigenvalue weighted by Crippen LogP contribution is 2.39. The molecule has 0 unspecified atom stereocenters. The highest BCUT2D eigenvalue weighted by atomic mass is 32.1. The number of rotatable bonds is 5. The number of carbonyl (C=O) groups excluding carboxylic acids is 1. The molecule has 0 bridgehead atoms. The fraction of sp³-hybridized carbons (Fsp3) is 0.632. The van der Waals surface area contributed by atoms with Gasteiger partial charge in [-0.05, 0) is 33.9 Å². The number of aryl methyl sites for hydroxylation is 1. The van der Waals surface area contributed by atoms with Crippen LogP contribution in [0.1, 0.15) is 64.7 Å². The molecule has 0 amide bonds. The Bertz CT molecular complexity index is 516. The third-order valence-electron chi connectivity index (χ3n) is 3.76. The minimum atomic E-state index is -0.207. The zero-order valence-electron chi connectivity index (χ0n) is 15.2. The van der Waals surface area contributed by atoms with Crippen molar-refractivity contribution in [1.82, 2.24) is 0 Å². The minimum absolute atomic E-state index is 0.160. The van der Waals surface area contributed by atoms with E-state index < -0.39 is 0 Å². The Balaban J connectivity index is 3.11. The van der Waals surface area contributed by atoms with E-state index in [4.69, 9.17) is 4.74 Å². The van der Waals surface area contributed by atoms with Gasteiger partial charge in [-0.25, -0.2) is 0 Å². The van der Waals surface area contributed by atoms with Crippen molar-refractivity contribution in [3.63, 3.8) is 0 Å². The number of benzene rings is 1. The first-order chi connectivity index (χ1) is 10.5. The number of esters is 1. The van der Waals surface area contributed by atoms with E-state index in [1.165, 1.54) is 0 Å². The van der Waals surface area contributed by atoms with Gasteiger partial charge in [0, 0.05) is 12.2 Å². The summed E-state index contributed by atoms with van der Waals surface area (Å²) < 4.78 is 5.07. The summed E-state index contributed by atoms with van der Waals surface area (Å²) in [6, 6.07) is 4.02. The van der Waals surface area contributed by atoms with Gasteiger partial charge in [0.15, 0.2) is 0 Å². The van der Waals surface area contributed by atoms with E-state index in [1.54, 1.807) is 0 Å².